The zero-order valence-electron chi connectivity index (χ0n) is 14.4. The Morgan fingerprint density at radius 1 is 0.840 bits per heavy atom. The molecular formula is C23H23NO. The Bertz CT molecular complexity index is 863. The standard InChI is InChI=1S/C23H23NO/c25-23(22-11-10-20-8-4-5-9-21(20)17-22)24-14-12-19(13-15-24)16-18-6-2-1-3-7-18/h1-11,17,19H,12-16H2. The third-order valence-corrected chi connectivity index (χ3v) is 5.27. The maximum Gasteiger partial charge on any atom is 0.253 e. The van der Waals surface area contributed by atoms with Crippen molar-refractivity contribution in [1.82, 2.24) is 4.90 Å². The average Bonchev–Trinajstić information content (AvgIpc) is 2.68. The van der Waals surface area contributed by atoms with Gasteiger partial charge in [0.1, 0.15) is 0 Å². The summed E-state index contributed by atoms with van der Waals surface area (Å²) in [5.74, 6) is 0.854. The molecule has 0 aliphatic carbocycles. The summed E-state index contributed by atoms with van der Waals surface area (Å²) in [7, 11) is 0. The molecule has 0 spiro atoms. The number of hydrogen-bond donors (Lipinski definition) is 0. The molecule has 4 rings (SSSR count). The highest BCUT2D eigenvalue weighted by molar-refractivity contribution is 5.98. The molecule has 0 N–H and O–H groups in total. The third kappa shape index (κ3) is 3.58. The molecule has 25 heavy (non-hydrogen) atoms. The van der Waals surface area contributed by atoms with Gasteiger partial charge in [-0.3, -0.25) is 4.79 Å². The van der Waals surface area contributed by atoms with Crippen LogP contribution >= 0.6 is 0 Å². The highest BCUT2D eigenvalue weighted by Crippen LogP contribution is 2.24. The molecule has 1 aliphatic heterocycles. The van der Waals surface area contributed by atoms with Gasteiger partial charge in [-0.25, -0.2) is 0 Å². The van der Waals surface area contributed by atoms with Crippen LogP contribution in [-0.2, 0) is 6.42 Å². The van der Waals surface area contributed by atoms with E-state index in [-0.39, 0.29) is 5.91 Å². The summed E-state index contributed by atoms with van der Waals surface area (Å²) in [6, 6.07) is 24.9. The molecule has 1 heterocycles. The Morgan fingerprint density at radius 3 is 2.28 bits per heavy atom. The maximum absolute atomic E-state index is 12.8. The van der Waals surface area contributed by atoms with Gasteiger partial charge < -0.3 is 4.90 Å². The molecule has 0 unspecified atom stereocenters. The van der Waals surface area contributed by atoms with Gasteiger partial charge >= 0.3 is 0 Å². The fourth-order valence-corrected chi connectivity index (χ4v) is 3.79. The fraction of sp³-hybridized carbons (Fsp3) is 0.261. The summed E-state index contributed by atoms with van der Waals surface area (Å²) in [6.45, 7) is 1.73. The predicted octanol–water partition coefficient (Wildman–Crippen LogP) is 4.93. The molecule has 1 aliphatic rings. The monoisotopic (exact) mass is 329 g/mol. The first-order chi connectivity index (χ1) is 12.3. The molecule has 1 saturated heterocycles. The summed E-state index contributed by atoms with van der Waals surface area (Å²) >= 11 is 0. The summed E-state index contributed by atoms with van der Waals surface area (Å²) in [5.41, 5.74) is 2.21. The Hall–Kier alpha value is -2.61. The second-order valence-corrected chi connectivity index (χ2v) is 6.99. The lowest BCUT2D eigenvalue weighted by Gasteiger charge is -2.32. The Kier molecular flexibility index (Phi) is 4.51. The highest BCUT2D eigenvalue weighted by Gasteiger charge is 2.23. The van der Waals surface area contributed by atoms with E-state index in [2.05, 4.69) is 42.5 Å². The topological polar surface area (TPSA) is 20.3 Å². The molecular weight excluding hydrogens is 306 g/mol. The lowest BCUT2D eigenvalue weighted by atomic mass is 9.90. The van der Waals surface area contributed by atoms with Gasteiger partial charge in [-0.15, -0.1) is 0 Å². The Labute approximate surface area is 149 Å². The van der Waals surface area contributed by atoms with Crippen LogP contribution in [0.3, 0.4) is 0 Å². The lowest BCUT2D eigenvalue weighted by molar-refractivity contribution is 0.0690. The highest BCUT2D eigenvalue weighted by atomic mass is 16.2. The van der Waals surface area contributed by atoms with Crippen molar-refractivity contribution < 1.29 is 4.79 Å². The van der Waals surface area contributed by atoms with Crippen LogP contribution in [-0.4, -0.2) is 23.9 Å². The average molecular weight is 329 g/mol. The van der Waals surface area contributed by atoms with Gasteiger partial charge in [-0.2, -0.15) is 0 Å². The second-order valence-electron chi connectivity index (χ2n) is 6.99. The minimum Gasteiger partial charge on any atom is -0.339 e. The van der Waals surface area contributed by atoms with Crippen molar-refractivity contribution in [3.05, 3.63) is 83.9 Å². The molecule has 3 aromatic carbocycles. The zero-order valence-corrected chi connectivity index (χ0v) is 14.4. The van der Waals surface area contributed by atoms with Gasteiger partial charge in [0.05, 0.1) is 0 Å². The summed E-state index contributed by atoms with van der Waals surface area (Å²) in [4.78, 5) is 14.9. The van der Waals surface area contributed by atoms with Crippen molar-refractivity contribution in [2.75, 3.05) is 13.1 Å². The van der Waals surface area contributed by atoms with Crippen LogP contribution in [0.25, 0.3) is 10.8 Å². The normalized spacial score (nSPS) is 15.4. The van der Waals surface area contributed by atoms with Crippen LogP contribution in [0.5, 0.6) is 0 Å². The molecule has 0 aromatic heterocycles. The first-order valence-corrected chi connectivity index (χ1v) is 9.11. The van der Waals surface area contributed by atoms with Crippen LogP contribution < -0.4 is 0 Å². The van der Waals surface area contributed by atoms with E-state index in [0.717, 1.165) is 43.3 Å². The first kappa shape index (κ1) is 15.9. The van der Waals surface area contributed by atoms with Gasteiger partial charge in [0.25, 0.3) is 5.91 Å². The van der Waals surface area contributed by atoms with Gasteiger partial charge in [-0.05, 0) is 53.6 Å². The van der Waals surface area contributed by atoms with Crippen molar-refractivity contribution in [2.24, 2.45) is 5.92 Å². The van der Waals surface area contributed by atoms with Crippen molar-refractivity contribution in [2.45, 2.75) is 19.3 Å². The molecule has 126 valence electrons. The minimum absolute atomic E-state index is 0.170. The molecule has 3 aromatic rings. The smallest absolute Gasteiger partial charge is 0.253 e. The van der Waals surface area contributed by atoms with Crippen LogP contribution in [0.4, 0.5) is 0 Å². The summed E-state index contributed by atoms with van der Waals surface area (Å²) in [6.07, 6.45) is 3.31. The van der Waals surface area contributed by atoms with E-state index in [9.17, 15) is 4.79 Å². The number of carbonyl (C=O) groups is 1. The van der Waals surface area contributed by atoms with Crippen molar-refractivity contribution >= 4 is 16.7 Å². The Morgan fingerprint density at radius 2 is 1.52 bits per heavy atom. The largest absolute Gasteiger partial charge is 0.339 e. The number of amides is 1. The SMILES string of the molecule is O=C(c1ccc2ccccc2c1)N1CCC(Cc2ccccc2)CC1. The number of nitrogens with zero attached hydrogens (tertiary/aromatic N) is 1. The Balaban J connectivity index is 1.40. The molecule has 1 fully saturated rings. The minimum atomic E-state index is 0.170. The van der Waals surface area contributed by atoms with Crippen LogP contribution in [0.1, 0.15) is 28.8 Å². The number of carbonyl (C=O) groups excluding carboxylic acids is 1. The molecule has 0 radical (unpaired) electrons. The number of likely N-dealkylation sites (tertiary alicyclic amines) is 1. The van der Waals surface area contributed by atoms with Gasteiger partial charge in [0, 0.05) is 18.7 Å². The predicted molar refractivity (Wildman–Crippen MR) is 103 cm³/mol. The van der Waals surface area contributed by atoms with E-state index in [1.54, 1.807) is 0 Å². The van der Waals surface area contributed by atoms with Crippen LogP contribution in [0.15, 0.2) is 72.8 Å². The van der Waals surface area contributed by atoms with Crippen LogP contribution in [0.2, 0.25) is 0 Å². The van der Waals surface area contributed by atoms with E-state index in [1.165, 1.54) is 10.9 Å². The lowest BCUT2D eigenvalue weighted by Crippen LogP contribution is -2.38. The number of hydrogen-bond acceptors (Lipinski definition) is 1. The summed E-state index contributed by atoms with van der Waals surface area (Å²) in [5, 5.41) is 2.31. The molecule has 1 amide bonds. The molecule has 2 nitrogen and oxygen atoms in total. The molecule has 0 saturated carbocycles. The third-order valence-electron chi connectivity index (χ3n) is 5.27. The first-order valence-electron chi connectivity index (χ1n) is 9.11. The van der Waals surface area contributed by atoms with E-state index in [0.29, 0.717) is 5.92 Å². The van der Waals surface area contributed by atoms with E-state index in [1.807, 2.05) is 35.2 Å². The molecule has 0 atom stereocenters. The fourth-order valence-electron chi connectivity index (χ4n) is 3.79. The number of fused-ring (bicyclic) bond motifs is 1. The number of benzene rings is 3. The van der Waals surface area contributed by atoms with Gasteiger partial charge in [-0.1, -0.05) is 60.7 Å². The molecule has 0 bridgehead atoms. The van der Waals surface area contributed by atoms with E-state index >= 15 is 0 Å². The maximum atomic E-state index is 12.8. The van der Waals surface area contributed by atoms with Crippen molar-refractivity contribution in [3.8, 4) is 0 Å². The van der Waals surface area contributed by atoms with Crippen molar-refractivity contribution in [1.29, 1.82) is 0 Å². The quantitative estimate of drug-likeness (QED) is 0.667. The number of piperidine rings is 1. The van der Waals surface area contributed by atoms with Crippen LogP contribution in [0, 0.1) is 5.92 Å². The van der Waals surface area contributed by atoms with E-state index in [4.69, 9.17) is 0 Å². The summed E-state index contributed by atoms with van der Waals surface area (Å²) < 4.78 is 0. The number of rotatable bonds is 3. The molecule has 2 heteroatoms. The van der Waals surface area contributed by atoms with Gasteiger partial charge in [0.2, 0.25) is 0 Å². The van der Waals surface area contributed by atoms with Gasteiger partial charge in [0.15, 0.2) is 0 Å². The van der Waals surface area contributed by atoms with E-state index < -0.39 is 0 Å². The zero-order chi connectivity index (χ0) is 17.1. The van der Waals surface area contributed by atoms with Crippen molar-refractivity contribution in [3.63, 3.8) is 0 Å². The second kappa shape index (κ2) is 7.10.